The number of fused-ring (bicyclic) bond motifs is 4. The second kappa shape index (κ2) is 4.99. The normalized spacial score (nSPS) is 50.1. The van der Waals surface area contributed by atoms with Gasteiger partial charge in [-0.2, -0.15) is 0 Å². The van der Waals surface area contributed by atoms with Crippen LogP contribution in [0.4, 0.5) is 0 Å². The van der Waals surface area contributed by atoms with Crippen LogP contribution in [0.25, 0.3) is 0 Å². The minimum atomic E-state index is 0.198. The van der Waals surface area contributed by atoms with Crippen LogP contribution in [0, 0.1) is 17.8 Å². The third kappa shape index (κ3) is 2.17. The van der Waals surface area contributed by atoms with Crippen molar-refractivity contribution in [2.45, 2.75) is 75.7 Å². The molecule has 2 saturated heterocycles. The summed E-state index contributed by atoms with van der Waals surface area (Å²) < 4.78 is 5.83. The van der Waals surface area contributed by atoms with Crippen molar-refractivity contribution in [3.8, 4) is 0 Å². The molecule has 0 radical (unpaired) electrons. The van der Waals surface area contributed by atoms with E-state index in [1.807, 2.05) is 0 Å². The van der Waals surface area contributed by atoms with Crippen LogP contribution in [0.1, 0.15) is 51.4 Å². The van der Waals surface area contributed by atoms with Gasteiger partial charge < -0.3 is 15.8 Å². The van der Waals surface area contributed by atoms with Crippen molar-refractivity contribution >= 4 is 5.91 Å². The fourth-order valence-corrected chi connectivity index (χ4v) is 5.09. The lowest BCUT2D eigenvalue weighted by atomic mass is 9.65. The summed E-state index contributed by atoms with van der Waals surface area (Å²) in [7, 11) is 0. The Morgan fingerprint density at radius 3 is 2.40 bits per heavy atom. The Morgan fingerprint density at radius 1 is 1.05 bits per heavy atom. The Balaban J connectivity index is 1.37. The number of hydrogen-bond acceptors (Lipinski definition) is 3. The molecule has 1 amide bonds. The van der Waals surface area contributed by atoms with Gasteiger partial charge in [-0.25, -0.2) is 0 Å². The molecule has 4 nitrogen and oxygen atoms in total. The van der Waals surface area contributed by atoms with Crippen molar-refractivity contribution in [3.05, 3.63) is 0 Å². The maximum absolute atomic E-state index is 12.6. The highest BCUT2D eigenvalue weighted by molar-refractivity contribution is 5.79. The smallest absolute Gasteiger partial charge is 0.223 e. The van der Waals surface area contributed by atoms with Crippen molar-refractivity contribution in [1.29, 1.82) is 0 Å². The Morgan fingerprint density at radius 2 is 1.80 bits per heavy atom. The van der Waals surface area contributed by atoms with Crippen LogP contribution in [0.2, 0.25) is 0 Å². The largest absolute Gasteiger partial charge is 0.373 e. The molecule has 4 rings (SSSR count). The molecule has 2 saturated carbocycles. The van der Waals surface area contributed by atoms with Gasteiger partial charge in [-0.15, -0.1) is 0 Å². The molecule has 0 aromatic carbocycles. The zero-order valence-electron chi connectivity index (χ0n) is 12.1. The number of carbonyl (C=O) groups is 1. The molecule has 20 heavy (non-hydrogen) atoms. The highest BCUT2D eigenvalue weighted by atomic mass is 16.5. The van der Waals surface area contributed by atoms with Crippen molar-refractivity contribution in [1.82, 2.24) is 5.32 Å². The molecule has 0 aromatic rings. The molecule has 2 aliphatic heterocycles. The average Bonchev–Trinajstić information content (AvgIpc) is 3.00. The third-order valence-corrected chi connectivity index (χ3v) is 6.22. The van der Waals surface area contributed by atoms with E-state index >= 15 is 0 Å². The standard InChI is InChI=1S/C16H26N2O2/c17-15-9-2-1-3-10(15)7-11(6-9)16(19)18-13-8-12-4-5-14(13)20-12/h9-15H,1-8,17H2,(H,18,19). The van der Waals surface area contributed by atoms with E-state index < -0.39 is 0 Å². The molecular formula is C16H26N2O2. The lowest BCUT2D eigenvalue weighted by molar-refractivity contribution is -0.129. The van der Waals surface area contributed by atoms with Gasteiger partial charge in [0.15, 0.2) is 0 Å². The van der Waals surface area contributed by atoms with E-state index in [-0.39, 0.29) is 24.0 Å². The first-order valence-corrected chi connectivity index (χ1v) is 8.42. The van der Waals surface area contributed by atoms with E-state index in [4.69, 9.17) is 10.5 Å². The number of ether oxygens (including phenoxy) is 1. The number of nitrogens with two attached hydrogens (primary N) is 1. The molecule has 0 spiro atoms. The molecular weight excluding hydrogens is 252 g/mol. The maximum atomic E-state index is 12.6. The van der Waals surface area contributed by atoms with E-state index in [9.17, 15) is 4.79 Å². The number of rotatable bonds is 2. The fraction of sp³-hybridized carbons (Fsp3) is 0.938. The first-order chi connectivity index (χ1) is 9.70. The van der Waals surface area contributed by atoms with Crippen molar-refractivity contribution in [2.24, 2.45) is 23.5 Å². The van der Waals surface area contributed by atoms with Gasteiger partial charge in [-0.05, 0) is 56.8 Å². The summed E-state index contributed by atoms with van der Waals surface area (Å²) >= 11 is 0. The number of amides is 1. The summed E-state index contributed by atoms with van der Waals surface area (Å²) in [6.45, 7) is 0. The first-order valence-electron chi connectivity index (χ1n) is 8.42. The Hall–Kier alpha value is -0.610. The molecule has 3 N–H and O–H groups in total. The Bertz CT molecular complexity index is 386. The number of hydrogen-bond donors (Lipinski definition) is 2. The summed E-state index contributed by atoms with van der Waals surface area (Å²) in [6.07, 6.45) is 9.77. The van der Waals surface area contributed by atoms with E-state index in [2.05, 4.69) is 5.32 Å². The average molecular weight is 278 g/mol. The first kappa shape index (κ1) is 13.1. The second-order valence-electron chi connectivity index (χ2n) is 7.42. The van der Waals surface area contributed by atoms with Gasteiger partial charge >= 0.3 is 0 Å². The molecule has 5 atom stereocenters. The molecule has 2 aliphatic carbocycles. The van der Waals surface area contributed by atoms with Crippen LogP contribution in [-0.2, 0) is 9.53 Å². The van der Waals surface area contributed by atoms with Gasteiger partial charge in [0.05, 0.1) is 18.2 Å². The second-order valence-corrected chi connectivity index (χ2v) is 7.42. The summed E-state index contributed by atoms with van der Waals surface area (Å²) in [6, 6.07) is 0.621. The lowest BCUT2D eigenvalue weighted by Crippen LogP contribution is -2.51. The summed E-state index contributed by atoms with van der Waals surface area (Å²) in [4.78, 5) is 12.6. The predicted molar refractivity (Wildman–Crippen MR) is 76.0 cm³/mol. The van der Waals surface area contributed by atoms with Crippen molar-refractivity contribution in [2.75, 3.05) is 0 Å². The maximum Gasteiger partial charge on any atom is 0.223 e. The highest BCUT2D eigenvalue weighted by Crippen LogP contribution is 2.42. The summed E-state index contributed by atoms with van der Waals surface area (Å²) in [5.74, 6) is 1.63. The van der Waals surface area contributed by atoms with Gasteiger partial charge in [0.1, 0.15) is 0 Å². The molecule has 2 heterocycles. The third-order valence-electron chi connectivity index (χ3n) is 6.22. The molecule has 4 fully saturated rings. The minimum absolute atomic E-state index is 0.198. The van der Waals surface area contributed by atoms with Crippen molar-refractivity contribution in [3.63, 3.8) is 0 Å². The monoisotopic (exact) mass is 278 g/mol. The van der Waals surface area contributed by atoms with Crippen molar-refractivity contribution < 1.29 is 9.53 Å². The molecule has 4 heteroatoms. The van der Waals surface area contributed by atoms with Gasteiger partial charge in [-0.1, -0.05) is 6.42 Å². The zero-order chi connectivity index (χ0) is 13.7. The molecule has 112 valence electrons. The summed E-state index contributed by atoms with van der Waals surface area (Å²) in [5.41, 5.74) is 6.31. The van der Waals surface area contributed by atoms with E-state index in [0.717, 1.165) is 25.7 Å². The quantitative estimate of drug-likeness (QED) is 0.806. The van der Waals surface area contributed by atoms with Gasteiger partial charge in [0.25, 0.3) is 0 Å². The summed E-state index contributed by atoms with van der Waals surface area (Å²) in [5, 5.41) is 3.28. The fourth-order valence-electron chi connectivity index (χ4n) is 5.09. The molecule has 5 unspecified atom stereocenters. The van der Waals surface area contributed by atoms with E-state index in [1.54, 1.807) is 0 Å². The van der Waals surface area contributed by atoms with Gasteiger partial charge in [0, 0.05) is 12.0 Å². The van der Waals surface area contributed by atoms with Crippen LogP contribution in [0.15, 0.2) is 0 Å². The predicted octanol–water partition coefficient (Wildman–Crippen LogP) is 1.58. The highest BCUT2D eigenvalue weighted by Gasteiger charge is 2.44. The Kier molecular flexibility index (Phi) is 3.26. The molecule has 4 aliphatic rings. The van der Waals surface area contributed by atoms with Crippen LogP contribution in [0.5, 0.6) is 0 Å². The minimum Gasteiger partial charge on any atom is -0.373 e. The molecule has 0 aromatic heterocycles. The topological polar surface area (TPSA) is 64.4 Å². The van der Waals surface area contributed by atoms with E-state index in [0.29, 0.717) is 24.0 Å². The zero-order valence-corrected chi connectivity index (χ0v) is 12.1. The van der Waals surface area contributed by atoms with Crippen LogP contribution >= 0.6 is 0 Å². The number of carbonyl (C=O) groups excluding carboxylic acids is 1. The van der Waals surface area contributed by atoms with E-state index in [1.165, 1.54) is 25.7 Å². The Labute approximate surface area is 120 Å². The van der Waals surface area contributed by atoms with Crippen LogP contribution < -0.4 is 11.1 Å². The van der Waals surface area contributed by atoms with Crippen LogP contribution in [-0.4, -0.2) is 30.2 Å². The number of nitrogens with one attached hydrogen (secondary N) is 1. The van der Waals surface area contributed by atoms with Crippen LogP contribution in [0.3, 0.4) is 0 Å². The van der Waals surface area contributed by atoms with Gasteiger partial charge in [0.2, 0.25) is 5.91 Å². The molecule has 4 bridgehead atoms. The SMILES string of the molecule is NC1C2CCCC1CC(C(=O)NC1CC3CCC1O3)C2. The lowest BCUT2D eigenvalue weighted by Gasteiger charge is -2.43. The van der Waals surface area contributed by atoms with Gasteiger partial charge in [-0.3, -0.25) is 4.79 Å².